The van der Waals surface area contributed by atoms with Gasteiger partial charge in [-0.15, -0.1) is 0 Å². The minimum Gasteiger partial charge on any atom is -0.497 e. The van der Waals surface area contributed by atoms with Crippen LogP contribution in [-0.4, -0.2) is 46.3 Å². The Hall–Kier alpha value is -4.13. The van der Waals surface area contributed by atoms with Gasteiger partial charge in [-0.05, 0) is 47.0 Å². The van der Waals surface area contributed by atoms with Crippen molar-refractivity contribution in [2.75, 3.05) is 13.7 Å². The first-order valence-electron chi connectivity index (χ1n) is 11.6. The molecule has 3 heterocycles. The SMILES string of the molecule is COc1ccc([C@H]2c3[nH]c4ccccc4c3C[C@@H]3C(=O)N(Cc4ccc(F)cc4)CC(=O)N23)cc1. The van der Waals surface area contributed by atoms with E-state index in [4.69, 9.17) is 4.74 Å². The summed E-state index contributed by atoms with van der Waals surface area (Å²) in [5.41, 5.74) is 4.69. The number of aromatic amines is 1. The van der Waals surface area contributed by atoms with Crippen molar-refractivity contribution in [1.82, 2.24) is 14.8 Å². The molecule has 6 rings (SSSR count). The molecule has 1 N–H and O–H groups in total. The van der Waals surface area contributed by atoms with Gasteiger partial charge < -0.3 is 19.5 Å². The lowest BCUT2D eigenvalue weighted by Gasteiger charge is -2.47. The monoisotopic (exact) mass is 469 g/mol. The molecule has 2 atom stereocenters. The molecule has 1 fully saturated rings. The average Bonchev–Trinajstić information content (AvgIpc) is 3.26. The molecule has 0 saturated carbocycles. The van der Waals surface area contributed by atoms with Crippen LogP contribution in [0.4, 0.5) is 4.39 Å². The number of rotatable bonds is 4. The molecule has 0 aliphatic carbocycles. The average molecular weight is 470 g/mol. The highest BCUT2D eigenvalue weighted by atomic mass is 19.1. The number of nitrogens with one attached hydrogen (secondary N) is 1. The van der Waals surface area contributed by atoms with Crippen LogP contribution in [0, 0.1) is 5.82 Å². The highest BCUT2D eigenvalue weighted by Crippen LogP contribution is 2.42. The number of fused-ring (bicyclic) bond motifs is 4. The van der Waals surface area contributed by atoms with Crippen molar-refractivity contribution in [1.29, 1.82) is 0 Å². The van der Waals surface area contributed by atoms with E-state index >= 15 is 0 Å². The zero-order valence-corrected chi connectivity index (χ0v) is 19.2. The zero-order chi connectivity index (χ0) is 24.1. The highest BCUT2D eigenvalue weighted by molar-refractivity contribution is 5.97. The van der Waals surface area contributed by atoms with E-state index in [1.807, 2.05) is 42.5 Å². The van der Waals surface area contributed by atoms with Crippen LogP contribution in [0.3, 0.4) is 0 Å². The van der Waals surface area contributed by atoms with Gasteiger partial charge in [0.1, 0.15) is 24.2 Å². The summed E-state index contributed by atoms with van der Waals surface area (Å²) in [7, 11) is 1.62. The van der Waals surface area contributed by atoms with E-state index in [1.54, 1.807) is 29.0 Å². The fraction of sp³-hybridized carbons (Fsp3) is 0.214. The third-order valence-electron chi connectivity index (χ3n) is 7.06. The molecule has 1 aromatic heterocycles. The van der Waals surface area contributed by atoms with Crippen LogP contribution in [-0.2, 0) is 22.6 Å². The molecule has 6 nitrogen and oxygen atoms in total. The number of halogens is 1. The number of nitrogens with zero attached hydrogens (tertiary/aromatic N) is 2. The van der Waals surface area contributed by atoms with Crippen molar-refractivity contribution < 1.29 is 18.7 Å². The molecule has 35 heavy (non-hydrogen) atoms. The standard InChI is InChI=1S/C28H24FN3O3/c1-35-20-12-8-18(9-13-20)27-26-22(21-4-2-3-5-23(21)30-26)14-24-28(34)31(16-25(33)32(24)27)15-17-6-10-19(29)11-7-17/h2-13,24,27,30H,14-16H2,1H3/t24-,27+/m1/s1. The molecule has 7 heteroatoms. The number of ether oxygens (including phenoxy) is 1. The first-order valence-corrected chi connectivity index (χ1v) is 11.6. The third kappa shape index (κ3) is 3.55. The molecule has 2 aliphatic rings. The summed E-state index contributed by atoms with van der Waals surface area (Å²) in [6, 6.07) is 20.7. The van der Waals surface area contributed by atoms with E-state index in [1.165, 1.54) is 12.1 Å². The predicted octanol–water partition coefficient (Wildman–Crippen LogP) is 4.20. The van der Waals surface area contributed by atoms with Crippen molar-refractivity contribution in [3.63, 3.8) is 0 Å². The van der Waals surface area contributed by atoms with Gasteiger partial charge in [0.25, 0.3) is 0 Å². The van der Waals surface area contributed by atoms with Crippen LogP contribution in [0.5, 0.6) is 5.75 Å². The number of para-hydroxylation sites is 1. The number of H-pyrrole nitrogens is 1. The number of hydrogen-bond donors (Lipinski definition) is 1. The number of carbonyl (C=O) groups excluding carboxylic acids is 2. The maximum absolute atomic E-state index is 13.7. The molecule has 0 unspecified atom stereocenters. The van der Waals surface area contributed by atoms with Crippen LogP contribution in [0.15, 0.2) is 72.8 Å². The largest absolute Gasteiger partial charge is 0.497 e. The molecular weight excluding hydrogens is 445 g/mol. The van der Waals surface area contributed by atoms with Crippen LogP contribution in [0.1, 0.15) is 28.4 Å². The maximum Gasteiger partial charge on any atom is 0.246 e. The number of amides is 2. The zero-order valence-electron chi connectivity index (χ0n) is 19.2. The Labute approximate surface area is 201 Å². The molecule has 2 amide bonds. The molecule has 0 spiro atoms. The number of methoxy groups -OCH3 is 1. The van der Waals surface area contributed by atoms with Gasteiger partial charge in [-0.25, -0.2) is 4.39 Å². The second kappa shape index (κ2) is 8.27. The molecule has 176 valence electrons. The van der Waals surface area contributed by atoms with Gasteiger partial charge in [-0.3, -0.25) is 9.59 Å². The predicted molar refractivity (Wildman–Crippen MR) is 129 cm³/mol. The van der Waals surface area contributed by atoms with E-state index in [9.17, 15) is 14.0 Å². The number of carbonyl (C=O) groups is 2. The van der Waals surface area contributed by atoms with E-state index in [-0.39, 0.29) is 30.7 Å². The minimum atomic E-state index is -0.615. The van der Waals surface area contributed by atoms with E-state index in [0.717, 1.165) is 39.0 Å². The van der Waals surface area contributed by atoms with Crippen molar-refractivity contribution in [2.45, 2.75) is 25.0 Å². The van der Waals surface area contributed by atoms with Crippen molar-refractivity contribution in [3.8, 4) is 5.75 Å². The summed E-state index contributed by atoms with van der Waals surface area (Å²) in [6.45, 7) is 0.248. The van der Waals surface area contributed by atoms with Crippen molar-refractivity contribution in [3.05, 3.63) is 101 Å². The van der Waals surface area contributed by atoms with Crippen LogP contribution < -0.4 is 4.74 Å². The third-order valence-corrected chi connectivity index (χ3v) is 7.06. The fourth-order valence-electron chi connectivity index (χ4n) is 5.40. The number of aromatic nitrogens is 1. The van der Waals surface area contributed by atoms with Gasteiger partial charge in [-0.2, -0.15) is 0 Å². The Balaban J connectivity index is 1.43. The van der Waals surface area contributed by atoms with E-state index in [2.05, 4.69) is 11.1 Å². The summed E-state index contributed by atoms with van der Waals surface area (Å²) >= 11 is 0. The Morgan fingerprint density at radius 1 is 1.00 bits per heavy atom. The second-order valence-electron chi connectivity index (χ2n) is 9.08. The minimum absolute atomic E-state index is 0.0189. The topological polar surface area (TPSA) is 65.6 Å². The van der Waals surface area contributed by atoms with Crippen LogP contribution in [0.25, 0.3) is 10.9 Å². The molecule has 0 radical (unpaired) electrons. The number of benzene rings is 3. The van der Waals surface area contributed by atoms with Gasteiger partial charge in [0, 0.05) is 29.6 Å². The Bertz CT molecular complexity index is 1430. The molecule has 0 bridgehead atoms. The fourth-order valence-corrected chi connectivity index (χ4v) is 5.40. The summed E-state index contributed by atoms with van der Waals surface area (Å²) in [5, 5.41) is 1.07. The van der Waals surface area contributed by atoms with Gasteiger partial charge in [0.05, 0.1) is 13.2 Å². The Morgan fingerprint density at radius 3 is 2.49 bits per heavy atom. The summed E-state index contributed by atoms with van der Waals surface area (Å²) in [5.74, 6) is 0.192. The molecule has 4 aromatic rings. The first-order chi connectivity index (χ1) is 17.0. The molecule has 1 saturated heterocycles. The Kier molecular flexibility index (Phi) is 5.06. The van der Waals surface area contributed by atoms with Crippen molar-refractivity contribution in [2.24, 2.45) is 0 Å². The second-order valence-corrected chi connectivity index (χ2v) is 9.08. The normalized spacial score (nSPS) is 19.6. The van der Waals surface area contributed by atoms with Crippen molar-refractivity contribution >= 4 is 22.7 Å². The quantitative estimate of drug-likeness (QED) is 0.487. The summed E-state index contributed by atoms with van der Waals surface area (Å²) < 4.78 is 18.7. The highest BCUT2D eigenvalue weighted by Gasteiger charge is 2.48. The Morgan fingerprint density at radius 2 is 1.74 bits per heavy atom. The number of hydrogen-bond acceptors (Lipinski definition) is 3. The van der Waals surface area contributed by atoms with E-state index in [0.29, 0.717) is 6.42 Å². The molecule has 3 aromatic carbocycles. The van der Waals surface area contributed by atoms with Crippen LogP contribution in [0.2, 0.25) is 0 Å². The lowest BCUT2D eigenvalue weighted by Crippen LogP contribution is -2.62. The maximum atomic E-state index is 13.7. The smallest absolute Gasteiger partial charge is 0.246 e. The van der Waals surface area contributed by atoms with Gasteiger partial charge in [-0.1, -0.05) is 42.5 Å². The molecular formula is C28H24FN3O3. The molecule has 2 aliphatic heterocycles. The summed E-state index contributed by atoms with van der Waals surface area (Å²) in [6.07, 6.45) is 0.441. The van der Waals surface area contributed by atoms with Gasteiger partial charge >= 0.3 is 0 Å². The summed E-state index contributed by atoms with van der Waals surface area (Å²) in [4.78, 5) is 34.2. The lowest BCUT2D eigenvalue weighted by molar-refractivity contribution is -0.159. The first kappa shape index (κ1) is 21.4. The van der Waals surface area contributed by atoms with Crippen LogP contribution >= 0.6 is 0 Å². The van der Waals surface area contributed by atoms with Gasteiger partial charge in [0.2, 0.25) is 11.8 Å². The number of piperazine rings is 1. The van der Waals surface area contributed by atoms with Gasteiger partial charge in [0.15, 0.2) is 0 Å². The lowest BCUT2D eigenvalue weighted by atomic mass is 9.86. The van der Waals surface area contributed by atoms with E-state index < -0.39 is 12.1 Å².